The Kier molecular flexibility index (Phi) is 4.59. The zero-order valence-corrected chi connectivity index (χ0v) is 16.0. The maximum Gasteiger partial charge on any atom is 0.254 e. The molecule has 0 aliphatic heterocycles. The number of fused-ring (bicyclic) bond motifs is 2. The molecule has 148 valence electrons. The molecule has 0 aliphatic rings. The molecule has 0 spiro atoms. The quantitative estimate of drug-likeness (QED) is 0.377. The van der Waals surface area contributed by atoms with Gasteiger partial charge in [-0.25, -0.2) is 4.98 Å². The van der Waals surface area contributed by atoms with E-state index in [1.54, 1.807) is 13.1 Å². The third-order valence-corrected chi connectivity index (χ3v) is 4.77. The van der Waals surface area contributed by atoms with Gasteiger partial charge in [-0.05, 0) is 25.5 Å². The lowest BCUT2D eigenvalue weighted by Crippen LogP contribution is -2.43. The van der Waals surface area contributed by atoms with Gasteiger partial charge >= 0.3 is 0 Å². The molecule has 0 saturated heterocycles. The number of aryl methyl sites for hydroxylation is 2. The number of amides is 2. The number of H-pyrrole nitrogens is 1. The Bertz CT molecular complexity index is 1240. The summed E-state index contributed by atoms with van der Waals surface area (Å²) in [6.45, 7) is 3.60. The average Bonchev–Trinajstić information content (AvgIpc) is 3.27. The SMILES string of the molecule is Cc1nc2nc(N)nn2c(C)c1CC(=O)NNC(=O)Cc1c[nH]c2ccccc12. The Morgan fingerprint density at radius 1 is 1.10 bits per heavy atom. The molecule has 5 N–H and O–H groups in total. The van der Waals surface area contributed by atoms with E-state index in [2.05, 4.69) is 30.9 Å². The largest absolute Gasteiger partial charge is 0.366 e. The van der Waals surface area contributed by atoms with Gasteiger partial charge in [-0.2, -0.15) is 9.50 Å². The van der Waals surface area contributed by atoms with Crippen LogP contribution in [-0.2, 0) is 22.4 Å². The number of aromatic nitrogens is 5. The van der Waals surface area contributed by atoms with Crippen LogP contribution in [0.2, 0.25) is 0 Å². The molecule has 10 nitrogen and oxygen atoms in total. The van der Waals surface area contributed by atoms with Crippen molar-refractivity contribution < 1.29 is 9.59 Å². The summed E-state index contributed by atoms with van der Waals surface area (Å²) in [7, 11) is 0. The summed E-state index contributed by atoms with van der Waals surface area (Å²) in [6, 6.07) is 7.72. The molecule has 3 aromatic heterocycles. The second-order valence-electron chi connectivity index (χ2n) is 6.75. The highest BCUT2D eigenvalue weighted by Gasteiger charge is 2.16. The van der Waals surface area contributed by atoms with Crippen molar-refractivity contribution in [3.63, 3.8) is 0 Å². The number of benzene rings is 1. The molecule has 0 radical (unpaired) electrons. The maximum absolute atomic E-state index is 12.3. The summed E-state index contributed by atoms with van der Waals surface area (Å²) in [6.07, 6.45) is 1.98. The van der Waals surface area contributed by atoms with E-state index in [-0.39, 0.29) is 30.6 Å². The fourth-order valence-electron chi connectivity index (χ4n) is 3.32. The number of nitrogens with two attached hydrogens (primary N) is 1. The summed E-state index contributed by atoms with van der Waals surface area (Å²) in [5.41, 5.74) is 14.4. The number of nitrogens with zero attached hydrogens (tertiary/aromatic N) is 4. The van der Waals surface area contributed by atoms with Gasteiger partial charge in [0, 0.05) is 34.1 Å². The lowest BCUT2D eigenvalue weighted by atomic mass is 10.1. The number of carbonyl (C=O) groups excluding carboxylic acids is 2. The Morgan fingerprint density at radius 3 is 2.62 bits per heavy atom. The highest BCUT2D eigenvalue weighted by molar-refractivity contribution is 5.90. The third-order valence-electron chi connectivity index (χ3n) is 4.77. The van der Waals surface area contributed by atoms with E-state index in [0.717, 1.165) is 22.2 Å². The van der Waals surface area contributed by atoms with Crippen LogP contribution < -0.4 is 16.6 Å². The normalized spacial score (nSPS) is 11.1. The lowest BCUT2D eigenvalue weighted by Gasteiger charge is -2.11. The number of anilines is 1. The van der Waals surface area contributed by atoms with E-state index in [0.29, 0.717) is 17.0 Å². The lowest BCUT2D eigenvalue weighted by molar-refractivity contribution is -0.128. The number of nitrogen functional groups attached to an aromatic ring is 1. The van der Waals surface area contributed by atoms with Crippen LogP contribution in [0, 0.1) is 13.8 Å². The minimum Gasteiger partial charge on any atom is -0.366 e. The second-order valence-corrected chi connectivity index (χ2v) is 6.75. The Labute approximate surface area is 165 Å². The van der Waals surface area contributed by atoms with Crippen molar-refractivity contribution >= 4 is 34.4 Å². The van der Waals surface area contributed by atoms with Crippen LogP contribution in [0.1, 0.15) is 22.5 Å². The van der Waals surface area contributed by atoms with Crippen molar-refractivity contribution in [1.82, 2.24) is 35.4 Å². The standard InChI is InChI=1S/C19H20N8O2/c1-10-14(11(2)27-19(22-10)23-18(20)26-27)8-17(29)25-24-16(28)7-12-9-21-15-6-4-3-5-13(12)15/h3-6,9,21H,7-8H2,1-2H3,(H2,20,26)(H,24,28)(H,25,29). The highest BCUT2D eigenvalue weighted by Crippen LogP contribution is 2.18. The second kappa shape index (κ2) is 7.23. The Hall–Kier alpha value is -3.95. The van der Waals surface area contributed by atoms with E-state index in [1.807, 2.05) is 31.2 Å². The van der Waals surface area contributed by atoms with Crippen molar-refractivity contribution in [1.29, 1.82) is 0 Å². The smallest absolute Gasteiger partial charge is 0.254 e. The average molecular weight is 392 g/mol. The first-order valence-electron chi connectivity index (χ1n) is 9.03. The molecule has 4 rings (SSSR count). The number of carbonyl (C=O) groups is 2. The van der Waals surface area contributed by atoms with Crippen molar-refractivity contribution in [2.75, 3.05) is 5.73 Å². The van der Waals surface area contributed by atoms with Gasteiger partial charge in [0.1, 0.15) is 0 Å². The van der Waals surface area contributed by atoms with Crippen LogP contribution in [0.5, 0.6) is 0 Å². The molecule has 10 heteroatoms. The number of aromatic amines is 1. The minimum atomic E-state index is -0.363. The number of nitrogens with one attached hydrogen (secondary N) is 3. The summed E-state index contributed by atoms with van der Waals surface area (Å²) in [5.74, 6) is -0.174. The minimum absolute atomic E-state index is 0.0355. The zero-order valence-electron chi connectivity index (χ0n) is 16.0. The Balaban J connectivity index is 1.40. The number of para-hydroxylation sites is 1. The van der Waals surface area contributed by atoms with Crippen LogP contribution in [0.15, 0.2) is 30.5 Å². The monoisotopic (exact) mass is 392 g/mol. The van der Waals surface area contributed by atoms with Crippen LogP contribution in [0.25, 0.3) is 16.7 Å². The molecule has 4 aromatic rings. The highest BCUT2D eigenvalue weighted by atomic mass is 16.2. The van der Waals surface area contributed by atoms with Crippen molar-refractivity contribution in [3.8, 4) is 0 Å². The van der Waals surface area contributed by atoms with Gasteiger partial charge in [0.2, 0.25) is 17.8 Å². The maximum atomic E-state index is 12.3. The van der Waals surface area contributed by atoms with Crippen LogP contribution in [0.3, 0.4) is 0 Å². The van der Waals surface area contributed by atoms with Crippen molar-refractivity contribution in [2.24, 2.45) is 0 Å². The first-order valence-corrected chi connectivity index (χ1v) is 9.03. The summed E-state index contributed by atoms with van der Waals surface area (Å²) < 4.78 is 1.50. The van der Waals surface area contributed by atoms with Gasteiger partial charge in [-0.15, -0.1) is 5.10 Å². The predicted molar refractivity (Wildman–Crippen MR) is 107 cm³/mol. The van der Waals surface area contributed by atoms with Crippen LogP contribution in [0.4, 0.5) is 5.95 Å². The van der Waals surface area contributed by atoms with Gasteiger partial charge in [-0.3, -0.25) is 20.4 Å². The molecular weight excluding hydrogens is 372 g/mol. The molecule has 29 heavy (non-hydrogen) atoms. The first kappa shape index (κ1) is 18.4. The molecule has 2 amide bonds. The molecule has 0 saturated carbocycles. The molecular formula is C19H20N8O2. The van der Waals surface area contributed by atoms with Gasteiger partial charge in [0.05, 0.1) is 12.8 Å². The fraction of sp³-hybridized carbons (Fsp3) is 0.211. The number of rotatable bonds is 4. The van der Waals surface area contributed by atoms with Crippen LogP contribution in [-0.4, -0.2) is 36.4 Å². The van der Waals surface area contributed by atoms with Gasteiger partial charge in [0.25, 0.3) is 5.78 Å². The molecule has 1 aromatic carbocycles. The third kappa shape index (κ3) is 3.59. The number of hydrogen-bond acceptors (Lipinski definition) is 6. The zero-order chi connectivity index (χ0) is 20.5. The first-order chi connectivity index (χ1) is 13.9. The van der Waals surface area contributed by atoms with Gasteiger partial charge in [-0.1, -0.05) is 18.2 Å². The van der Waals surface area contributed by atoms with E-state index < -0.39 is 0 Å². The molecule has 0 fully saturated rings. The molecule has 0 unspecified atom stereocenters. The van der Waals surface area contributed by atoms with Crippen molar-refractivity contribution in [2.45, 2.75) is 26.7 Å². The summed E-state index contributed by atoms with van der Waals surface area (Å²) in [5, 5.41) is 5.06. The topological polar surface area (TPSA) is 143 Å². The van der Waals surface area contributed by atoms with E-state index in [4.69, 9.17) is 5.73 Å². The van der Waals surface area contributed by atoms with Crippen molar-refractivity contribution in [3.05, 3.63) is 53.0 Å². The van der Waals surface area contributed by atoms with Gasteiger partial charge in [0.15, 0.2) is 0 Å². The van der Waals surface area contributed by atoms with E-state index >= 15 is 0 Å². The van der Waals surface area contributed by atoms with Crippen LogP contribution >= 0.6 is 0 Å². The Morgan fingerprint density at radius 2 is 1.83 bits per heavy atom. The summed E-state index contributed by atoms with van der Waals surface area (Å²) in [4.78, 5) is 36.1. The molecule has 3 heterocycles. The number of hydrogen-bond donors (Lipinski definition) is 4. The summed E-state index contributed by atoms with van der Waals surface area (Å²) >= 11 is 0. The molecule has 0 aliphatic carbocycles. The van der Waals surface area contributed by atoms with E-state index in [1.165, 1.54) is 4.52 Å². The predicted octanol–water partition coefficient (Wildman–Crippen LogP) is 0.737. The molecule has 0 bridgehead atoms. The van der Waals surface area contributed by atoms with E-state index in [9.17, 15) is 9.59 Å². The molecule has 0 atom stereocenters. The van der Waals surface area contributed by atoms with Gasteiger partial charge < -0.3 is 10.7 Å². The fourth-order valence-corrected chi connectivity index (χ4v) is 3.32. The number of hydrazine groups is 1.